The minimum Gasteiger partial charge on any atom is -0.305 e. The average Bonchev–Trinajstić information content (AvgIpc) is 2.91. The summed E-state index contributed by atoms with van der Waals surface area (Å²) in [5, 5.41) is 0. The fourth-order valence-corrected chi connectivity index (χ4v) is 2.72. The van der Waals surface area contributed by atoms with Gasteiger partial charge in [-0.05, 0) is 37.0 Å². The maximum atomic E-state index is 13.6. The van der Waals surface area contributed by atoms with Crippen LogP contribution in [0.25, 0.3) is 0 Å². The number of aromatic nitrogens is 1. The van der Waals surface area contributed by atoms with Crippen LogP contribution in [0.3, 0.4) is 0 Å². The first kappa shape index (κ1) is 12.8. The number of benzene rings is 1. The van der Waals surface area contributed by atoms with E-state index in [1.807, 2.05) is 6.07 Å². The fraction of sp³-hybridized carbons (Fsp3) is 0.250. The number of Topliss-reactive ketones (excluding diaryl/α,β-unsaturated/α-hetero) is 1. The van der Waals surface area contributed by atoms with Crippen LogP contribution in [0, 0.1) is 5.82 Å². The largest absolute Gasteiger partial charge is 0.305 e. The molecule has 0 saturated heterocycles. The summed E-state index contributed by atoms with van der Waals surface area (Å²) in [6.07, 6.45) is 2.73. The van der Waals surface area contributed by atoms with Crippen molar-refractivity contribution < 1.29 is 9.18 Å². The van der Waals surface area contributed by atoms with E-state index in [9.17, 15) is 14.0 Å². The Bertz CT molecular complexity index is 733. The number of carbonyl (C=O) groups is 1. The SMILES string of the molecule is O=C(Cn1c2c(ccc1=O)CCC2)c1ccccc1F. The molecule has 1 aromatic carbocycles. The number of hydrogen-bond acceptors (Lipinski definition) is 2. The molecule has 0 radical (unpaired) electrons. The van der Waals surface area contributed by atoms with E-state index in [2.05, 4.69) is 0 Å². The van der Waals surface area contributed by atoms with Crippen molar-refractivity contribution in [1.29, 1.82) is 0 Å². The molecule has 0 atom stereocenters. The zero-order valence-corrected chi connectivity index (χ0v) is 10.9. The second-order valence-electron chi connectivity index (χ2n) is 4.99. The van der Waals surface area contributed by atoms with E-state index in [1.54, 1.807) is 12.1 Å². The molecule has 20 heavy (non-hydrogen) atoms. The Kier molecular flexibility index (Phi) is 3.22. The molecule has 3 nitrogen and oxygen atoms in total. The average molecular weight is 271 g/mol. The maximum absolute atomic E-state index is 13.6. The summed E-state index contributed by atoms with van der Waals surface area (Å²) in [6.45, 7) is -0.0943. The van der Waals surface area contributed by atoms with Gasteiger partial charge in [0, 0.05) is 11.8 Å². The molecule has 0 aliphatic heterocycles. The number of aryl methyl sites for hydroxylation is 1. The Morgan fingerprint density at radius 1 is 1.15 bits per heavy atom. The summed E-state index contributed by atoms with van der Waals surface area (Å²) in [5.41, 5.74) is 1.87. The van der Waals surface area contributed by atoms with Gasteiger partial charge in [0.25, 0.3) is 5.56 Å². The van der Waals surface area contributed by atoms with Gasteiger partial charge in [-0.25, -0.2) is 4.39 Å². The number of ketones is 1. The van der Waals surface area contributed by atoms with E-state index in [-0.39, 0.29) is 23.5 Å². The monoisotopic (exact) mass is 271 g/mol. The van der Waals surface area contributed by atoms with Gasteiger partial charge in [0.2, 0.25) is 0 Å². The van der Waals surface area contributed by atoms with E-state index in [4.69, 9.17) is 0 Å². The lowest BCUT2D eigenvalue weighted by Gasteiger charge is -2.11. The first-order valence-corrected chi connectivity index (χ1v) is 6.66. The zero-order valence-electron chi connectivity index (χ0n) is 10.9. The summed E-state index contributed by atoms with van der Waals surface area (Å²) in [5.74, 6) is -0.913. The quantitative estimate of drug-likeness (QED) is 0.804. The standard InChI is InChI=1S/C16H14FNO2/c17-13-6-2-1-5-12(13)15(19)10-18-14-7-3-4-11(14)8-9-16(18)20/h1-2,5-6,8-9H,3-4,7,10H2. The minimum atomic E-state index is -0.543. The Morgan fingerprint density at radius 3 is 2.75 bits per heavy atom. The predicted octanol–water partition coefficient (Wildman–Crippen LogP) is 2.36. The molecule has 1 aromatic heterocycles. The summed E-state index contributed by atoms with van der Waals surface area (Å²) in [4.78, 5) is 24.1. The van der Waals surface area contributed by atoms with Gasteiger partial charge in [0.15, 0.2) is 5.78 Å². The third-order valence-corrected chi connectivity index (χ3v) is 3.73. The molecular weight excluding hydrogens is 257 g/mol. The van der Waals surface area contributed by atoms with Crippen molar-refractivity contribution in [3.63, 3.8) is 0 Å². The highest BCUT2D eigenvalue weighted by Crippen LogP contribution is 2.20. The molecule has 0 amide bonds. The zero-order chi connectivity index (χ0) is 14.1. The van der Waals surface area contributed by atoms with Crippen LogP contribution in [0.1, 0.15) is 28.0 Å². The number of hydrogen-bond donors (Lipinski definition) is 0. The van der Waals surface area contributed by atoms with Crippen molar-refractivity contribution in [3.05, 3.63) is 69.4 Å². The molecule has 4 heteroatoms. The van der Waals surface area contributed by atoms with Crippen LogP contribution in [-0.2, 0) is 19.4 Å². The molecule has 1 heterocycles. The van der Waals surface area contributed by atoms with E-state index < -0.39 is 5.82 Å². The van der Waals surface area contributed by atoms with Gasteiger partial charge in [-0.1, -0.05) is 18.2 Å². The molecule has 2 aromatic rings. The molecule has 102 valence electrons. The summed E-state index contributed by atoms with van der Waals surface area (Å²) >= 11 is 0. The van der Waals surface area contributed by atoms with Gasteiger partial charge in [-0.2, -0.15) is 0 Å². The number of nitrogens with zero attached hydrogens (tertiary/aromatic N) is 1. The van der Waals surface area contributed by atoms with Crippen LogP contribution in [-0.4, -0.2) is 10.4 Å². The number of fused-ring (bicyclic) bond motifs is 1. The molecular formula is C16H14FNO2. The van der Waals surface area contributed by atoms with E-state index in [1.165, 1.54) is 22.8 Å². The third kappa shape index (κ3) is 2.18. The lowest BCUT2D eigenvalue weighted by molar-refractivity contribution is 0.0966. The number of pyridine rings is 1. The summed E-state index contributed by atoms with van der Waals surface area (Å²) in [7, 11) is 0. The van der Waals surface area contributed by atoms with Crippen LogP contribution in [0.5, 0.6) is 0 Å². The summed E-state index contributed by atoms with van der Waals surface area (Å²) in [6, 6.07) is 9.18. The molecule has 1 aliphatic rings. The molecule has 0 spiro atoms. The van der Waals surface area contributed by atoms with Crippen LogP contribution < -0.4 is 5.56 Å². The number of rotatable bonds is 3. The third-order valence-electron chi connectivity index (χ3n) is 3.73. The normalized spacial score (nSPS) is 13.2. The highest BCUT2D eigenvalue weighted by atomic mass is 19.1. The number of carbonyl (C=O) groups excluding carboxylic acids is 1. The minimum absolute atomic E-state index is 0.0370. The van der Waals surface area contributed by atoms with Crippen molar-refractivity contribution in [3.8, 4) is 0 Å². The van der Waals surface area contributed by atoms with Crippen LogP contribution >= 0.6 is 0 Å². The van der Waals surface area contributed by atoms with Crippen LogP contribution in [0.2, 0.25) is 0 Å². The van der Waals surface area contributed by atoms with E-state index >= 15 is 0 Å². The lowest BCUT2D eigenvalue weighted by Crippen LogP contribution is -2.27. The second kappa shape index (κ2) is 5.04. The smallest absolute Gasteiger partial charge is 0.251 e. The second-order valence-corrected chi connectivity index (χ2v) is 4.99. The van der Waals surface area contributed by atoms with E-state index in [0.29, 0.717) is 0 Å². The first-order chi connectivity index (χ1) is 9.66. The molecule has 0 unspecified atom stereocenters. The molecule has 3 rings (SSSR count). The summed E-state index contributed by atoms with van der Waals surface area (Å²) < 4.78 is 15.1. The Balaban J connectivity index is 1.97. The molecule has 1 aliphatic carbocycles. The highest BCUT2D eigenvalue weighted by molar-refractivity contribution is 5.96. The maximum Gasteiger partial charge on any atom is 0.251 e. The number of halogens is 1. The Hall–Kier alpha value is -2.23. The van der Waals surface area contributed by atoms with Gasteiger partial charge in [-0.3, -0.25) is 9.59 Å². The van der Waals surface area contributed by atoms with Gasteiger partial charge >= 0.3 is 0 Å². The Labute approximate surface area is 115 Å². The van der Waals surface area contributed by atoms with Gasteiger partial charge in [0.1, 0.15) is 5.82 Å². The molecule has 0 saturated carbocycles. The fourth-order valence-electron chi connectivity index (χ4n) is 2.72. The molecule has 0 N–H and O–H groups in total. The highest BCUT2D eigenvalue weighted by Gasteiger charge is 2.19. The predicted molar refractivity (Wildman–Crippen MR) is 73.5 cm³/mol. The first-order valence-electron chi connectivity index (χ1n) is 6.66. The topological polar surface area (TPSA) is 39.1 Å². The van der Waals surface area contributed by atoms with Gasteiger partial charge in [-0.15, -0.1) is 0 Å². The lowest BCUT2D eigenvalue weighted by atomic mass is 10.1. The van der Waals surface area contributed by atoms with Gasteiger partial charge < -0.3 is 4.57 Å². The van der Waals surface area contributed by atoms with E-state index in [0.717, 1.165) is 30.5 Å². The van der Waals surface area contributed by atoms with Crippen molar-refractivity contribution in [1.82, 2.24) is 4.57 Å². The van der Waals surface area contributed by atoms with Crippen molar-refractivity contribution >= 4 is 5.78 Å². The molecule has 0 bridgehead atoms. The molecule has 0 fully saturated rings. The van der Waals surface area contributed by atoms with Crippen molar-refractivity contribution in [2.75, 3.05) is 0 Å². The van der Waals surface area contributed by atoms with Crippen LogP contribution in [0.4, 0.5) is 4.39 Å². The van der Waals surface area contributed by atoms with Crippen LogP contribution in [0.15, 0.2) is 41.2 Å². The van der Waals surface area contributed by atoms with Gasteiger partial charge in [0.05, 0.1) is 12.1 Å². The van der Waals surface area contributed by atoms with Crippen molar-refractivity contribution in [2.45, 2.75) is 25.8 Å². The Morgan fingerprint density at radius 2 is 1.95 bits per heavy atom. The van der Waals surface area contributed by atoms with Crippen molar-refractivity contribution in [2.24, 2.45) is 0 Å².